The van der Waals surface area contributed by atoms with Gasteiger partial charge in [0.15, 0.2) is 5.76 Å². The van der Waals surface area contributed by atoms with E-state index >= 15 is 0 Å². The van der Waals surface area contributed by atoms with Crippen LogP contribution in [-0.4, -0.2) is 17.6 Å². The lowest BCUT2D eigenvalue weighted by atomic mass is 10.1. The van der Waals surface area contributed by atoms with Crippen LogP contribution >= 0.6 is 11.6 Å². The number of hydrogen-bond donors (Lipinski definition) is 2. The summed E-state index contributed by atoms with van der Waals surface area (Å²) in [6.45, 7) is 1.89. The molecular weight excluding hydrogens is 278 g/mol. The molecule has 0 aliphatic heterocycles. The molecule has 1 amide bonds. The van der Waals surface area contributed by atoms with Crippen molar-refractivity contribution in [3.05, 3.63) is 59.5 Å². The van der Waals surface area contributed by atoms with Crippen LogP contribution in [0.2, 0.25) is 0 Å². The zero-order chi connectivity index (χ0) is 14.5. The number of rotatable bonds is 5. The van der Waals surface area contributed by atoms with Crippen molar-refractivity contribution in [1.82, 2.24) is 5.32 Å². The van der Waals surface area contributed by atoms with Gasteiger partial charge in [-0.25, -0.2) is 0 Å². The van der Waals surface area contributed by atoms with Crippen molar-refractivity contribution < 1.29 is 14.3 Å². The minimum absolute atomic E-state index is 0.120. The van der Waals surface area contributed by atoms with E-state index in [4.69, 9.17) is 16.0 Å². The van der Waals surface area contributed by atoms with E-state index < -0.39 is 6.10 Å². The Morgan fingerprint density at radius 2 is 2.00 bits per heavy atom. The lowest BCUT2D eigenvalue weighted by Gasteiger charge is -2.11. The molecule has 0 radical (unpaired) electrons. The summed E-state index contributed by atoms with van der Waals surface area (Å²) in [7, 11) is 0. The maximum atomic E-state index is 11.9. The highest BCUT2D eigenvalue weighted by Gasteiger charge is 2.15. The first kappa shape index (κ1) is 14.6. The van der Waals surface area contributed by atoms with Gasteiger partial charge in [0.25, 0.3) is 5.91 Å². The number of alkyl halides is 1. The quantitative estimate of drug-likeness (QED) is 0.833. The van der Waals surface area contributed by atoms with Gasteiger partial charge in [0.05, 0.1) is 11.5 Å². The van der Waals surface area contributed by atoms with E-state index in [0.717, 1.165) is 5.56 Å². The first-order chi connectivity index (χ1) is 9.58. The van der Waals surface area contributed by atoms with Crippen LogP contribution in [0.4, 0.5) is 0 Å². The summed E-state index contributed by atoms with van der Waals surface area (Å²) in [5.41, 5.74) is 0.752. The van der Waals surface area contributed by atoms with Gasteiger partial charge < -0.3 is 14.8 Å². The normalized spacial score (nSPS) is 13.8. The fourth-order valence-electron chi connectivity index (χ4n) is 1.76. The van der Waals surface area contributed by atoms with Crippen molar-refractivity contribution in [3.63, 3.8) is 0 Å². The van der Waals surface area contributed by atoms with Crippen molar-refractivity contribution >= 4 is 17.5 Å². The number of benzene rings is 1. The maximum Gasteiger partial charge on any atom is 0.287 e. The summed E-state index contributed by atoms with van der Waals surface area (Å²) in [6, 6.07) is 12.4. The minimum Gasteiger partial charge on any atom is -0.454 e. The molecule has 1 aromatic carbocycles. The van der Waals surface area contributed by atoms with Crippen LogP contribution in [0.25, 0.3) is 0 Å². The van der Waals surface area contributed by atoms with Crippen LogP contribution in [0.5, 0.6) is 0 Å². The molecule has 5 heteroatoms. The second kappa shape index (κ2) is 6.59. The molecule has 0 saturated carbocycles. The Hall–Kier alpha value is -1.78. The van der Waals surface area contributed by atoms with Crippen LogP contribution in [0.1, 0.15) is 40.3 Å². The Labute approximate surface area is 122 Å². The molecule has 2 atom stereocenters. The zero-order valence-electron chi connectivity index (χ0n) is 11.0. The fourth-order valence-corrected chi connectivity index (χ4v) is 1.88. The third-order valence-corrected chi connectivity index (χ3v) is 3.10. The van der Waals surface area contributed by atoms with Crippen molar-refractivity contribution in [2.45, 2.75) is 18.4 Å². The second-order valence-electron chi connectivity index (χ2n) is 4.45. The summed E-state index contributed by atoms with van der Waals surface area (Å²) < 4.78 is 5.32. The van der Waals surface area contributed by atoms with Crippen LogP contribution < -0.4 is 5.32 Å². The van der Waals surface area contributed by atoms with Crippen LogP contribution in [0.15, 0.2) is 46.9 Å². The third kappa shape index (κ3) is 3.62. The topological polar surface area (TPSA) is 62.5 Å². The molecule has 106 valence electrons. The van der Waals surface area contributed by atoms with Gasteiger partial charge in [-0.1, -0.05) is 30.3 Å². The maximum absolute atomic E-state index is 11.9. The number of hydrogen-bond acceptors (Lipinski definition) is 3. The van der Waals surface area contributed by atoms with Gasteiger partial charge in [0.2, 0.25) is 0 Å². The van der Waals surface area contributed by atoms with E-state index in [2.05, 4.69) is 5.32 Å². The summed E-state index contributed by atoms with van der Waals surface area (Å²) >= 11 is 5.86. The van der Waals surface area contributed by atoms with E-state index in [1.807, 2.05) is 18.2 Å². The van der Waals surface area contributed by atoms with Gasteiger partial charge in [-0.3, -0.25) is 4.79 Å². The van der Waals surface area contributed by atoms with E-state index in [1.54, 1.807) is 31.2 Å². The standard InChI is InChI=1S/C15H16ClNO3/c1-10(16)13-7-8-14(20-13)15(19)17-9-12(18)11-5-3-2-4-6-11/h2-8,10,12,18H,9H2,1H3,(H,17,19). The van der Waals surface area contributed by atoms with Gasteiger partial charge in [-0.15, -0.1) is 11.6 Å². The van der Waals surface area contributed by atoms with Crippen molar-refractivity contribution in [2.24, 2.45) is 0 Å². The van der Waals surface area contributed by atoms with Gasteiger partial charge in [-0.2, -0.15) is 0 Å². The monoisotopic (exact) mass is 293 g/mol. The number of carbonyl (C=O) groups excluding carboxylic acids is 1. The number of halogens is 1. The second-order valence-corrected chi connectivity index (χ2v) is 5.11. The highest BCUT2D eigenvalue weighted by Crippen LogP contribution is 2.21. The van der Waals surface area contributed by atoms with Crippen LogP contribution in [-0.2, 0) is 0 Å². The average molecular weight is 294 g/mol. The number of carbonyl (C=O) groups is 1. The van der Waals surface area contributed by atoms with Crippen molar-refractivity contribution in [3.8, 4) is 0 Å². The molecule has 0 spiro atoms. The average Bonchev–Trinajstić information content (AvgIpc) is 2.95. The van der Waals surface area contributed by atoms with Crippen LogP contribution in [0.3, 0.4) is 0 Å². The van der Waals surface area contributed by atoms with E-state index in [1.165, 1.54) is 0 Å². The summed E-state index contributed by atoms with van der Waals surface area (Å²) in [5, 5.41) is 12.3. The van der Waals surface area contributed by atoms with Gasteiger partial charge in [-0.05, 0) is 24.6 Å². The lowest BCUT2D eigenvalue weighted by molar-refractivity contribution is 0.0887. The fraction of sp³-hybridized carbons (Fsp3) is 0.267. The Kier molecular flexibility index (Phi) is 4.82. The molecule has 4 nitrogen and oxygen atoms in total. The Morgan fingerprint density at radius 3 is 2.60 bits per heavy atom. The minimum atomic E-state index is -0.749. The number of nitrogens with one attached hydrogen (secondary N) is 1. The molecule has 20 heavy (non-hydrogen) atoms. The Bertz CT molecular complexity index is 566. The largest absolute Gasteiger partial charge is 0.454 e. The predicted octanol–water partition coefficient (Wildman–Crippen LogP) is 3.04. The molecule has 1 aromatic heterocycles. The van der Waals surface area contributed by atoms with Gasteiger partial charge in [0.1, 0.15) is 5.76 Å². The molecule has 0 bridgehead atoms. The molecule has 0 fully saturated rings. The van der Waals surface area contributed by atoms with Crippen LogP contribution in [0, 0.1) is 0 Å². The first-order valence-corrected chi connectivity index (χ1v) is 6.76. The van der Waals surface area contributed by atoms with Gasteiger partial charge in [0, 0.05) is 6.54 Å². The summed E-state index contributed by atoms with van der Waals surface area (Å²) in [4.78, 5) is 11.9. The zero-order valence-corrected chi connectivity index (χ0v) is 11.8. The predicted molar refractivity (Wildman–Crippen MR) is 76.7 cm³/mol. The molecule has 2 N–H and O–H groups in total. The van der Waals surface area contributed by atoms with Crippen molar-refractivity contribution in [1.29, 1.82) is 0 Å². The number of furan rings is 1. The molecule has 2 unspecified atom stereocenters. The highest BCUT2D eigenvalue weighted by molar-refractivity contribution is 6.20. The van der Waals surface area contributed by atoms with Crippen molar-refractivity contribution in [2.75, 3.05) is 6.54 Å². The Morgan fingerprint density at radius 1 is 1.30 bits per heavy atom. The number of aliphatic hydroxyl groups excluding tert-OH is 1. The SMILES string of the molecule is CC(Cl)c1ccc(C(=O)NCC(O)c2ccccc2)o1. The molecular formula is C15H16ClNO3. The third-order valence-electron chi connectivity index (χ3n) is 2.88. The lowest BCUT2D eigenvalue weighted by Crippen LogP contribution is -2.28. The van der Waals surface area contributed by atoms with E-state index in [-0.39, 0.29) is 23.6 Å². The molecule has 0 saturated heterocycles. The molecule has 2 aromatic rings. The van der Waals surface area contributed by atoms with E-state index in [0.29, 0.717) is 5.76 Å². The Balaban J connectivity index is 1.91. The molecule has 0 aliphatic rings. The number of aliphatic hydroxyl groups is 1. The molecule has 0 aliphatic carbocycles. The number of amides is 1. The smallest absolute Gasteiger partial charge is 0.287 e. The summed E-state index contributed by atoms with van der Waals surface area (Å²) in [6.07, 6.45) is -0.749. The molecule has 2 rings (SSSR count). The van der Waals surface area contributed by atoms with E-state index in [9.17, 15) is 9.90 Å². The highest BCUT2D eigenvalue weighted by atomic mass is 35.5. The molecule has 1 heterocycles. The van der Waals surface area contributed by atoms with Gasteiger partial charge >= 0.3 is 0 Å². The summed E-state index contributed by atoms with van der Waals surface area (Å²) in [5.74, 6) is 0.358. The first-order valence-electron chi connectivity index (χ1n) is 6.33.